The topological polar surface area (TPSA) is 0 Å². The molecule has 0 aliphatic rings. The molecule has 15 heavy (non-hydrogen) atoms. The summed E-state index contributed by atoms with van der Waals surface area (Å²) in [5.74, 6) is 0.919. The van der Waals surface area contributed by atoms with Gasteiger partial charge in [0.15, 0.2) is 0 Å². The van der Waals surface area contributed by atoms with Crippen LogP contribution in [0.25, 0.3) is 0 Å². The van der Waals surface area contributed by atoms with Crippen molar-refractivity contribution in [1.29, 1.82) is 0 Å². The maximum absolute atomic E-state index is 3.21. The fourth-order valence-corrected chi connectivity index (χ4v) is 3.79. The van der Waals surface area contributed by atoms with Gasteiger partial charge in [-0.1, -0.05) is 59.8 Å². The van der Waals surface area contributed by atoms with Gasteiger partial charge in [0.25, 0.3) is 0 Å². The zero-order chi connectivity index (χ0) is 11.7. The van der Waals surface area contributed by atoms with E-state index >= 15 is 0 Å². The molecule has 0 aromatic rings. The lowest BCUT2D eigenvalue weighted by atomic mass is 9.79. The van der Waals surface area contributed by atoms with Crippen LogP contribution in [-0.4, -0.2) is 5.16 Å². The summed E-state index contributed by atoms with van der Waals surface area (Å²) in [6, 6.07) is 0. The van der Waals surface area contributed by atoms with Gasteiger partial charge in [0.05, 0.1) is 0 Å². The quantitative estimate of drug-likeness (QED) is 0.464. The first-order valence-electron chi connectivity index (χ1n) is 6.93. The fourth-order valence-electron chi connectivity index (χ4n) is 2.81. The van der Waals surface area contributed by atoms with Gasteiger partial charge >= 0.3 is 0 Å². The minimum Gasteiger partial charge on any atom is -0.131 e. The Hall–Kier alpha value is 0.430. The highest BCUT2D eigenvalue weighted by atomic mass is 31.0. The van der Waals surface area contributed by atoms with Crippen LogP contribution >= 0.6 is 9.24 Å². The monoisotopic (exact) mass is 230 g/mol. The van der Waals surface area contributed by atoms with Crippen molar-refractivity contribution in [2.75, 3.05) is 0 Å². The van der Waals surface area contributed by atoms with Gasteiger partial charge in [0.1, 0.15) is 0 Å². The van der Waals surface area contributed by atoms with Gasteiger partial charge in [-0.3, -0.25) is 0 Å². The Morgan fingerprint density at radius 1 is 0.933 bits per heavy atom. The summed E-state index contributed by atoms with van der Waals surface area (Å²) < 4.78 is 0. The van der Waals surface area contributed by atoms with E-state index in [2.05, 4.69) is 36.9 Å². The van der Waals surface area contributed by atoms with Crippen molar-refractivity contribution in [3.63, 3.8) is 0 Å². The van der Waals surface area contributed by atoms with Crippen molar-refractivity contribution in [2.45, 2.75) is 84.2 Å². The standard InChI is InChI=1S/C14H31P/c1-5-9-10-13(8-4)14(15,11-6-2)12-7-3/h13H,5-12,15H2,1-4H3. The first kappa shape index (κ1) is 15.4. The molecule has 2 atom stereocenters. The predicted octanol–water partition coefficient (Wildman–Crippen LogP) is 5.42. The summed E-state index contributed by atoms with van der Waals surface area (Å²) in [6.07, 6.45) is 10.9. The minimum atomic E-state index is 0.535. The first-order valence-corrected chi connectivity index (χ1v) is 7.51. The molecule has 0 radical (unpaired) electrons. The fraction of sp³-hybridized carbons (Fsp3) is 1.00. The molecule has 0 heterocycles. The average molecular weight is 230 g/mol. The molecule has 1 heteroatoms. The van der Waals surface area contributed by atoms with Gasteiger partial charge in [-0.25, -0.2) is 0 Å². The molecule has 0 nitrogen and oxygen atoms in total. The molecule has 0 bridgehead atoms. The van der Waals surface area contributed by atoms with Gasteiger partial charge in [0.2, 0.25) is 0 Å². The lowest BCUT2D eigenvalue weighted by Gasteiger charge is -2.37. The van der Waals surface area contributed by atoms with Gasteiger partial charge in [0, 0.05) is 0 Å². The third-order valence-electron chi connectivity index (χ3n) is 3.64. The van der Waals surface area contributed by atoms with Crippen molar-refractivity contribution in [3.8, 4) is 0 Å². The molecule has 0 spiro atoms. The molecule has 0 fully saturated rings. The Balaban J connectivity index is 4.37. The predicted molar refractivity (Wildman–Crippen MR) is 75.6 cm³/mol. The van der Waals surface area contributed by atoms with E-state index in [1.165, 1.54) is 51.4 Å². The van der Waals surface area contributed by atoms with E-state index in [9.17, 15) is 0 Å². The van der Waals surface area contributed by atoms with Gasteiger partial charge < -0.3 is 0 Å². The summed E-state index contributed by atoms with van der Waals surface area (Å²) in [5, 5.41) is 0.535. The maximum Gasteiger partial charge on any atom is -0.0122 e. The maximum atomic E-state index is 3.21. The van der Waals surface area contributed by atoms with Crippen LogP contribution in [0.1, 0.15) is 79.1 Å². The second-order valence-corrected chi connectivity index (χ2v) is 6.13. The first-order chi connectivity index (χ1) is 7.14. The van der Waals surface area contributed by atoms with Crippen LogP contribution in [0.2, 0.25) is 0 Å². The van der Waals surface area contributed by atoms with Crippen LogP contribution in [0.15, 0.2) is 0 Å². The number of rotatable bonds is 9. The van der Waals surface area contributed by atoms with Gasteiger partial charge in [-0.2, -0.15) is 0 Å². The van der Waals surface area contributed by atoms with E-state index in [1.807, 2.05) is 0 Å². The van der Waals surface area contributed by atoms with Crippen LogP contribution in [0.4, 0.5) is 0 Å². The van der Waals surface area contributed by atoms with Gasteiger partial charge in [-0.15, -0.1) is 9.24 Å². The van der Waals surface area contributed by atoms with Crippen molar-refractivity contribution in [2.24, 2.45) is 5.92 Å². The molecule has 0 aromatic heterocycles. The molecule has 0 saturated heterocycles. The highest BCUT2D eigenvalue weighted by molar-refractivity contribution is 7.19. The molecule has 2 unspecified atom stereocenters. The number of hydrogen-bond acceptors (Lipinski definition) is 0. The molecule has 0 amide bonds. The highest BCUT2D eigenvalue weighted by Crippen LogP contribution is 2.41. The Labute approximate surface area is 99.8 Å². The molecular formula is C14H31P. The zero-order valence-electron chi connectivity index (χ0n) is 11.3. The third kappa shape index (κ3) is 5.34. The molecule has 0 aromatic carbocycles. The van der Waals surface area contributed by atoms with Crippen LogP contribution in [0.3, 0.4) is 0 Å². The molecule has 0 aliphatic heterocycles. The Morgan fingerprint density at radius 2 is 1.47 bits per heavy atom. The van der Waals surface area contributed by atoms with Crippen molar-refractivity contribution in [3.05, 3.63) is 0 Å². The lowest BCUT2D eigenvalue weighted by molar-refractivity contribution is 0.297. The second kappa shape index (κ2) is 8.57. The highest BCUT2D eigenvalue weighted by Gasteiger charge is 2.30. The van der Waals surface area contributed by atoms with E-state index in [1.54, 1.807) is 0 Å². The van der Waals surface area contributed by atoms with Gasteiger partial charge in [-0.05, 0) is 30.3 Å². The Morgan fingerprint density at radius 3 is 1.80 bits per heavy atom. The van der Waals surface area contributed by atoms with Crippen LogP contribution in [0.5, 0.6) is 0 Å². The number of unbranched alkanes of at least 4 members (excludes halogenated alkanes) is 1. The van der Waals surface area contributed by atoms with E-state index in [0.29, 0.717) is 5.16 Å². The Kier molecular flexibility index (Phi) is 8.81. The van der Waals surface area contributed by atoms with E-state index in [0.717, 1.165) is 5.92 Å². The summed E-state index contributed by atoms with van der Waals surface area (Å²) in [4.78, 5) is 0. The van der Waals surface area contributed by atoms with E-state index in [-0.39, 0.29) is 0 Å². The van der Waals surface area contributed by atoms with E-state index in [4.69, 9.17) is 0 Å². The Bertz CT molecular complexity index is 136. The van der Waals surface area contributed by atoms with Crippen LogP contribution < -0.4 is 0 Å². The smallest absolute Gasteiger partial charge is 0.0122 e. The lowest BCUT2D eigenvalue weighted by Crippen LogP contribution is -2.31. The van der Waals surface area contributed by atoms with Crippen LogP contribution in [0, 0.1) is 5.92 Å². The average Bonchev–Trinajstić information content (AvgIpc) is 2.19. The van der Waals surface area contributed by atoms with Crippen molar-refractivity contribution >= 4 is 9.24 Å². The van der Waals surface area contributed by atoms with E-state index < -0.39 is 0 Å². The molecular weight excluding hydrogens is 199 g/mol. The summed E-state index contributed by atoms with van der Waals surface area (Å²) in [6.45, 7) is 9.31. The third-order valence-corrected chi connectivity index (χ3v) is 4.69. The molecule has 0 aliphatic carbocycles. The largest absolute Gasteiger partial charge is 0.131 e. The summed E-state index contributed by atoms with van der Waals surface area (Å²) in [5.41, 5.74) is 0. The molecule has 0 saturated carbocycles. The van der Waals surface area contributed by atoms with Crippen molar-refractivity contribution in [1.82, 2.24) is 0 Å². The summed E-state index contributed by atoms with van der Waals surface area (Å²) in [7, 11) is 3.21. The number of hydrogen-bond donors (Lipinski definition) is 0. The molecule has 92 valence electrons. The van der Waals surface area contributed by atoms with Crippen molar-refractivity contribution < 1.29 is 0 Å². The SMILES string of the molecule is CCCCC(CC)C(P)(CCC)CCC. The minimum absolute atomic E-state index is 0.535. The van der Waals surface area contributed by atoms with Crippen LogP contribution in [-0.2, 0) is 0 Å². The normalized spacial score (nSPS) is 14.2. The molecule has 0 rings (SSSR count). The zero-order valence-corrected chi connectivity index (χ0v) is 12.5. The molecule has 0 N–H and O–H groups in total. The second-order valence-electron chi connectivity index (χ2n) is 4.98. The summed E-state index contributed by atoms with van der Waals surface area (Å²) >= 11 is 0.